The van der Waals surface area contributed by atoms with Gasteiger partial charge in [-0.3, -0.25) is 4.79 Å². The second-order valence-electron chi connectivity index (χ2n) is 2.49. The van der Waals surface area contributed by atoms with E-state index in [9.17, 15) is 9.90 Å². The molecule has 0 aliphatic rings. The van der Waals surface area contributed by atoms with Crippen LogP contribution in [0.1, 0.15) is 21.9 Å². The van der Waals surface area contributed by atoms with Crippen molar-refractivity contribution in [1.82, 2.24) is 0 Å². The molecule has 0 bridgehead atoms. The third-order valence-electron chi connectivity index (χ3n) is 1.53. The Morgan fingerprint density at radius 3 is 2.54 bits per heavy atom. The molecule has 0 unspecified atom stereocenters. The zero-order valence-electron chi connectivity index (χ0n) is 7.96. The van der Waals surface area contributed by atoms with Crippen LogP contribution in [-0.2, 0) is 0 Å². The number of carbonyl (C=O) groups excluding carboxylic acids is 1. The Balaban J connectivity index is 0.00000144. The Kier molecular flexibility index (Phi) is 5.06. The van der Waals surface area contributed by atoms with Gasteiger partial charge in [0, 0.05) is 0 Å². The molecule has 0 aliphatic carbocycles. The number of rotatable bonds is 2. The van der Waals surface area contributed by atoms with Gasteiger partial charge in [-0.15, -0.1) is 6.26 Å². The van der Waals surface area contributed by atoms with Gasteiger partial charge in [0.05, 0.1) is 5.56 Å². The predicted octanol–water partition coefficient (Wildman–Crippen LogP) is -2.04. The van der Waals surface area contributed by atoms with E-state index < -0.39 is 0 Å². The van der Waals surface area contributed by atoms with E-state index in [2.05, 4.69) is 0 Å². The third kappa shape index (κ3) is 3.03. The first-order valence-corrected chi connectivity index (χ1v) is 3.55. The fraction of sp³-hybridized carbons (Fsp3) is 0.222. The van der Waals surface area contributed by atoms with Gasteiger partial charge >= 0.3 is 29.6 Å². The topological polar surface area (TPSA) is 53.3 Å². The summed E-state index contributed by atoms with van der Waals surface area (Å²) in [5.41, 5.74) is 0.458. The van der Waals surface area contributed by atoms with Crippen molar-refractivity contribution in [2.45, 2.75) is 13.8 Å². The van der Waals surface area contributed by atoms with Gasteiger partial charge in [-0.2, -0.15) is 0 Å². The van der Waals surface area contributed by atoms with Crippen molar-refractivity contribution in [2.24, 2.45) is 0 Å². The molecule has 13 heavy (non-hydrogen) atoms. The molecule has 0 aliphatic heterocycles. The van der Waals surface area contributed by atoms with Gasteiger partial charge < -0.3 is 9.52 Å². The average molecular weight is 188 g/mol. The van der Waals surface area contributed by atoms with E-state index in [4.69, 9.17) is 4.42 Å². The summed E-state index contributed by atoms with van der Waals surface area (Å²) in [6, 6.07) is 1.62. The van der Waals surface area contributed by atoms with E-state index in [1.165, 1.54) is 0 Å². The zero-order chi connectivity index (χ0) is 9.14. The molecule has 0 fully saturated rings. The Bertz CT molecular complexity index is 326. The minimum Gasteiger partial charge on any atom is -0.878 e. The van der Waals surface area contributed by atoms with Crippen LogP contribution in [0.4, 0.5) is 0 Å². The van der Waals surface area contributed by atoms with Crippen LogP contribution in [0.2, 0.25) is 0 Å². The van der Waals surface area contributed by atoms with Crippen molar-refractivity contribution in [3.63, 3.8) is 0 Å². The number of furan rings is 1. The van der Waals surface area contributed by atoms with Crippen LogP contribution >= 0.6 is 0 Å². The smallest absolute Gasteiger partial charge is 0.878 e. The van der Waals surface area contributed by atoms with Crippen LogP contribution in [0.5, 0.6) is 0 Å². The molecule has 0 aromatic carbocycles. The molecule has 0 N–H and O–H groups in total. The van der Waals surface area contributed by atoms with Gasteiger partial charge in [0.2, 0.25) is 0 Å². The number of ketones is 1. The molecular weight excluding hydrogens is 179 g/mol. The van der Waals surface area contributed by atoms with Gasteiger partial charge in [-0.25, -0.2) is 0 Å². The summed E-state index contributed by atoms with van der Waals surface area (Å²) in [5, 5.41) is 10.00. The molecule has 3 nitrogen and oxygen atoms in total. The molecule has 0 atom stereocenters. The average Bonchev–Trinajstić information content (AvgIpc) is 2.30. The summed E-state index contributed by atoms with van der Waals surface area (Å²) in [5.74, 6) is 0.921. The first kappa shape index (κ1) is 12.5. The van der Waals surface area contributed by atoms with Crippen molar-refractivity contribution in [2.75, 3.05) is 0 Å². The van der Waals surface area contributed by atoms with Gasteiger partial charge in [0.15, 0.2) is 5.78 Å². The van der Waals surface area contributed by atoms with Crippen molar-refractivity contribution in [3.05, 3.63) is 35.5 Å². The molecule has 1 heterocycles. The SMILES string of the molecule is Cc1cc(C(=O)/C=C/[O-])c(C)o1.[Na+]. The molecular formula is C9H9NaO3. The maximum absolute atomic E-state index is 11.1. The van der Waals surface area contributed by atoms with Crippen LogP contribution in [0, 0.1) is 13.8 Å². The summed E-state index contributed by atoms with van der Waals surface area (Å²) in [6.45, 7) is 3.45. The van der Waals surface area contributed by atoms with Crippen LogP contribution in [0.15, 0.2) is 22.8 Å². The first-order chi connectivity index (χ1) is 5.65. The molecule has 64 valence electrons. The predicted molar refractivity (Wildman–Crippen MR) is 41.7 cm³/mol. The molecule has 0 saturated carbocycles. The van der Waals surface area contributed by atoms with Gasteiger partial charge in [-0.05, 0) is 26.0 Å². The van der Waals surface area contributed by atoms with Crippen molar-refractivity contribution >= 4 is 5.78 Å². The normalized spacial score (nSPS) is 10.0. The Hall–Kier alpha value is -0.510. The van der Waals surface area contributed by atoms with E-state index in [0.717, 1.165) is 6.08 Å². The minimum atomic E-state index is -0.306. The molecule has 1 aromatic heterocycles. The van der Waals surface area contributed by atoms with E-state index in [-0.39, 0.29) is 35.3 Å². The van der Waals surface area contributed by atoms with E-state index in [0.29, 0.717) is 23.3 Å². The standard InChI is InChI=1S/C9H10O3.Na/c1-6-5-8(7(2)12-6)9(11)3-4-10;/h3-5,10H,1-2H3;/q;+1/p-1/b4-3+;. The maximum atomic E-state index is 11.1. The Morgan fingerprint density at radius 1 is 1.54 bits per heavy atom. The van der Waals surface area contributed by atoms with Crippen LogP contribution in [0.25, 0.3) is 0 Å². The summed E-state index contributed by atoms with van der Waals surface area (Å²) < 4.78 is 5.13. The van der Waals surface area contributed by atoms with Crippen molar-refractivity contribution in [3.8, 4) is 0 Å². The Labute approximate surface area is 98.7 Å². The second kappa shape index (κ2) is 5.27. The zero-order valence-corrected chi connectivity index (χ0v) is 9.96. The number of hydrogen-bond acceptors (Lipinski definition) is 3. The summed E-state index contributed by atoms with van der Waals surface area (Å²) in [6.07, 6.45) is 1.46. The molecule has 0 spiro atoms. The van der Waals surface area contributed by atoms with Crippen LogP contribution in [0.3, 0.4) is 0 Å². The van der Waals surface area contributed by atoms with Crippen molar-refractivity contribution in [1.29, 1.82) is 0 Å². The van der Waals surface area contributed by atoms with Gasteiger partial charge in [-0.1, -0.05) is 0 Å². The van der Waals surface area contributed by atoms with Crippen molar-refractivity contribution < 1.29 is 43.9 Å². The van der Waals surface area contributed by atoms with Crippen LogP contribution in [-0.4, -0.2) is 5.78 Å². The summed E-state index contributed by atoms with van der Waals surface area (Å²) >= 11 is 0. The molecule has 0 amide bonds. The monoisotopic (exact) mass is 188 g/mol. The van der Waals surface area contributed by atoms with E-state index >= 15 is 0 Å². The molecule has 1 rings (SSSR count). The number of carbonyl (C=O) groups is 1. The Morgan fingerprint density at radius 2 is 2.15 bits per heavy atom. The first-order valence-electron chi connectivity index (χ1n) is 3.55. The third-order valence-corrected chi connectivity index (χ3v) is 1.53. The summed E-state index contributed by atoms with van der Waals surface area (Å²) in [7, 11) is 0. The molecule has 0 saturated heterocycles. The molecule has 4 heteroatoms. The quantitative estimate of drug-likeness (QED) is 0.232. The fourth-order valence-electron chi connectivity index (χ4n) is 1.03. The number of hydrogen-bond donors (Lipinski definition) is 0. The van der Waals surface area contributed by atoms with E-state index in [1.807, 2.05) is 0 Å². The van der Waals surface area contributed by atoms with Gasteiger partial charge in [0.25, 0.3) is 0 Å². The minimum absolute atomic E-state index is 0. The van der Waals surface area contributed by atoms with E-state index in [1.54, 1.807) is 19.9 Å². The van der Waals surface area contributed by atoms with Gasteiger partial charge in [0.1, 0.15) is 11.5 Å². The number of allylic oxidation sites excluding steroid dienone is 1. The second-order valence-corrected chi connectivity index (χ2v) is 2.49. The fourth-order valence-corrected chi connectivity index (χ4v) is 1.03. The largest absolute Gasteiger partial charge is 1.00 e. The number of aryl methyl sites for hydroxylation is 2. The maximum Gasteiger partial charge on any atom is 1.00 e. The molecule has 0 radical (unpaired) electrons. The summed E-state index contributed by atoms with van der Waals surface area (Å²) in [4.78, 5) is 11.1. The molecule has 1 aromatic rings. The van der Waals surface area contributed by atoms with Crippen LogP contribution < -0.4 is 34.7 Å².